The first-order valence-corrected chi connectivity index (χ1v) is 10.9. The van der Waals surface area contributed by atoms with Crippen molar-refractivity contribution in [3.63, 3.8) is 0 Å². The second-order valence-corrected chi connectivity index (χ2v) is 9.05. The Labute approximate surface area is 190 Å². The molecule has 10 nitrogen and oxygen atoms in total. The number of amides is 1. The normalized spacial score (nSPS) is 21.1. The smallest absolute Gasteiger partial charge is 0.415 e. The van der Waals surface area contributed by atoms with Crippen molar-refractivity contribution in [3.8, 4) is 6.01 Å². The number of hydrogen-bond acceptors (Lipinski definition) is 7. The Bertz CT molecular complexity index is 963. The molecule has 1 aromatic heterocycles. The highest BCUT2D eigenvalue weighted by atomic mass is 35.5. The minimum Gasteiger partial charge on any atom is -0.445 e. The summed E-state index contributed by atoms with van der Waals surface area (Å²) in [5, 5.41) is 11.5. The van der Waals surface area contributed by atoms with E-state index in [1.54, 1.807) is 28.6 Å². The summed E-state index contributed by atoms with van der Waals surface area (Å²) in [5.41, 5.74) is 0.398. The van der Waals surface area contributed by atoms with Crippen LogP contribution in [0.5, 0.6) is 6.01 Å². The number of likely N-dealkylation sites (tertiary alicyclic amines) is 1. The molecular formula is C21H26ClN5O5. The fourth-order valence-corrected chi connectivity index (χ4v) is 4.40. The van der Waals surface area contributed by atoms with E-state index in [1.807, 2.05) is 19.1 Å². The van der Waals surface area contributed by atoms with Gasteiger partial charge in [0.1, 0.15) is 18.4 Å². The zero-order valence-corrected chi connectivity index (χ0v) is 18.8. The number of aromatic nitrogens is 2. The van der Waals surface area contributed by atoms with Crippen molar-refractivity contribution in [2.75, 3.05) is 26.7 Å². The third kappa shape index (κ3) is 4.97. The van der Waals surface area contributed by atoms with E-state index in [1.165, 1.54) is 6.20 Å². The predicted molar refractivity (Wildman–Crippen MR) is 117 cm³/mol. The van der Waals surface area contributed by atoms with Crippen LogP contribution < -0.4 is 4.74 Å². The highest BCUT2D eigenvalue weighted by molar-refractivity contribution is 6.30. The Hall–Kier alpha value is -2.85. The van der Waals surface area contributed by atoms with Crippen LogP contribution in [0.4, 0.5) is 10.6 Å². The summed E-state index contributed by atoms with van der Waals surface area (Å²) in [5.74, 6) is -0.200. The molecule has 2 aromatic rings. The molecule has 0 bridgehead atoms. The minimum atomic E-state index is -0.520. The van der Waals surface area contributed by atoms with Gasteiger partial charge in [-0.1, -0.05) is 23.7 Å². The van der Waals surface area contributed by atoms with Gasteiger partial charge in [0.05, 0.1) is 6.54 Å². The van der Waals surface area contributed by atoms with Crippen LogP contribution in [0.25, 0.3) is 0 Å². The highest BCUT2D eigenvalue weighted by Crippen LogP contribution is 2.32. The van der Waals surface area contributed by atoms with E-state index in [2.05, 4.69) is 9.88 Å². The van der Waals surface area contributed by atoms with E-state index in [0.29, 0.717) is 18.1 Å². The van der Waals surface area contributed by atoms with Crippen molar-refractivity contribution >= 4 is 23.5 Å². The van der Waals surface area contributed by atoms with Crippen molar-refractivity contribution in [1.29, 1.82) is 0 Å². The lowest BCUT2D eigenvalue weighted by Gasteiger charge is -2.38. The number of halogens is 1. The molecule has 1 saturated heterocycles. The van der Waals surface area contributed by atoms with Crippen LogP contribution in [0.1, 0.15) is 25.3 Å². The molecule has 1 unspecified atom stereocenters. The van der Waals surface area contributed by atoms with Gasteiger partial charge in [0.25, 0.3) is 0 Å². The highest BCUT2D eigenvalue weighted by Gasteiger charge is 2.42. The number of carbonyl (C=O) groups is 1. The second kappa shape index (κ2) is 8.95. The molecular weight excluding hydrogens is 438 g/mol. The van der Waals surface area contributed by atoms with Crippen molar-refractivity contribution in [2.24, 2.45) is 0 Å². The third-order valence-electron chi connectivity index (χ3n) is 5.98. The summed E-state index contributed by atoms with van der Waals surface area (Å²) in [6.07, 6.45) is 2.74. The molecule has 1 fully saturated rings. The molecule has 1 aromatic carbocycles. The maximum Gasteiger partial charge on any atom is 0.415 e. The first-order valence-electron chi connectivity index (χ1n) is 10.5. The van der Waals surface area contributed by atoms with Gasteiger partial charge in [-0.05, 0) is 42.4 Å². The maximum atomic E-state index is 12.5. The molecule has 1 amide bonds. The Balaban J connectivity index is 1.23. The third-order valence-corrected chi connectivity index (χ3v) is 6.24. The number of ether oxygens (including phenoxy) is 2. The van der Waals surface area contributed by atoms with Crippen molar-refractivity contribution in [2.45, 2.75) is 44.6 Å². The number of rotatable bonds is 6. The SMILES string of the molecule is CN(C(=O)OCc1ccc(Cl)cc1)C1CCN(CC2(C)Cn3cc([N+](=O)[O-])nc3O2)CC1. The minimum absolute atomic E-state index is 0.111. The number of nitrogens with zero attached hydrogens (tertiary/aromatic N) is 5. The Morgan fingerprint density at radius 1 is 1.38 bits per heavy atom. The van der Waals surface area contributed by atoms with Gasteiger partial charge in [0.2, 0.25) is 0 Å². The Morgan fingerprint density at radius 3 is 2.69 bits per heavy atom. The second-order valence-electron chi connectivity index (χ2n) is 8.62. The van der Waals surface area contributed by atoms with Crippen LogP contribution in [0.15, 0.2) is 30.5 Å². The average molecular weight is 464 g/mol. The van der Waals surface area contributed by atoms with E-state index in [4.69, 9.17) is 21.1 Å². The van der Waals surface area contributed by atoms with Gasteiger partial charge in [-0.25, -0.2) is 4.79 Å². The number of benzene rings is 1. The summed E-state index contributed by atoms with van der Waals surface area (Å²) < 4.78 is 13.1. The van der Waals surface area contributed by atoms with E-state index in [0.717, 1.165) is 31.5 Å². The largest absolute Gasteiger partial charge is 0.445 e. The summed E-state index contributed by atoms with van der Waals surface area (Å²) in [4.78, 5) is 30.7. The van der Waals surface area contributed by atoms with Crippen LogP contribution in [-0.2, 0) is 17.9 Å². The van der Waals surface area contributed by atoms with Gasteiger partial charge in [0.15, 0.2) is 0 Å². The average Bonchev–Trinajstić information content (AvgIpc) is 3.28. The topological polar surface area (TPSA) is 103 Å². The lowest BCUT2D eigenvalue weighted by Crippen LogP contribution is -2.51. The monoisotopic (exact) mass is 463 g/mol. The number of carbonyl (C=O) groups excluding carboxylic acids is 1. The maximum absolute atomic E-state index is 12.5. The number of nitro groups is 1. The van der Waals surface area contributed by atoms with Crippen LogP contribution >= 0.6 is 11.6 Å². The molecule has 0 N–H and O–H groups in total. The molecule has 0 saturated carbocycles. The van der Waals surface area contributed by atoms with Crippen molar-refractivity contribution in [1.82, 2.24) is 19.4 Å². The molecule has 2 aliphatic rings. The zero-order valence-electron chi connectivity index (χ0n) is 18.1. The van der Waals surface area contributed by atoms with Crippen LogP contribution in [-0.4, -0.2) is 68.7 Å². The molecule has 172 valence electrons. The first kappa shape index (κ1) is 22.3. The van der Waals surface area contributed by atoms with Crippen LogP contribution in [0.2, 0.25) is 5.02 Å². The molecule has 1 atom stereocenters. The standard InChI is InChI=1S/C21H26ClN5O5/c1-21(14-26-11-18(27(29)30)23-19(26)32-21)13-25-9-7-17(8-10-25)24(2)20(28)31-12-15-3-5-16(22)6-4-15/h3-6,11,17H,7-10,12-14H2,1-2H3. The van der Waals surface area contributed by atoms with Gasteiger partial charge in [-0.3, -0.25) is 9.47 Å². The molecule has 2 aliphatic heterocycles. The lowest BCUT2D eigenvalue weighted by atomic mass is 10.0. The van der Waals surface area contributed by atoms with E-state index < -0.39 is 10.5 Å². The van der Waals surface area contributed by atoms with Gasteiger partial charge < -0.3 is 24.5 Å². The van der Waals surface area contributed by atoms with Gasteiger partial charge in [-0.2, -0.15) is 0 Å². The Morgan fingerprint density at radius 2 is 2.06 bits per heavy atom. The fraction of sp³-hybridized carbons (Fsp3) is 0.524. The number of piperidine rings is 1. The summed E-state index contributed by atoms with van der Waals surface area (Å²) in [6, 6.07) is 7.62. The first-order chi connectivity index (χ1) is 15.2. The molecule has 32 heavy (non-hydrogen) atoms. The lowest BCUT2D eigenvalue weighted by molar-refractivity contribution is -0.389. The molecule has 0 spiro atoms. The number of imidazole rings is 1. The molecule has 3 heterocycles. The molecule has 0 radical (unpaired) electrons. The summed E-state index contributed by atoms with van der Waals surface area (Å²) in [6.45, 7) is 5.03. The molecule has 11 heteroatoms. The predicted octanol–water partition coefficient (Wildman–Crippen LogP) is 3.33. The quantitative estimate of drug-likeness (QED) is 0.478. The molecule has 0 aliphatic carbocycles. The zero-order chi connectivity index (χ0) is 22.9. The number of fused-ring (bicyclic) bond motifs is 1. The van der Waals surface area contributed by atoms with Crippen LogP contribution in [0.3, 0.4) is 0 Å². The Kier molecular flexibility index (Phi) is 6.25. The van der Waals surface area contributed by atoms with E-state index in [-0.39, 0.29) is 30.6 Å². The van der Waals surface area contributed by atoms with Crippen LogP contribution in [0, 0.1) is 10.1 Å². The van der Waals surface area contributed by atoms with Gasteiger partial charge in [-0.15, -0.1) is 0 Å². The van der Waals surface area contributed by atoms with E-state index >= 15 is 0 Å². The van der Waals surface area contributed by atoms with Crippen molar-refractivity contribution in [3.05, 3.63) is 51.2 Å². The summed E-state index contributed by atoms with van der Waals surface area (Å²) >= 11 is 5.88. The number of hydrogen-bond donors (Lipinski definition) is 0. The van der Waals surface area contributed by atoms with E-state index in [9.17, 15) is 14.9 Å². The van der Waals surface area contributed by atoms with Crippen molar-refractivity contribution < 1.29 is 19.2 Å². The fourth-order valence-electron chi connectivity index (χ4n) is 4.28. The van der Waals surface area contributed by atoms with Gasteiger partial charge >= 0.3 is 17.9 Å². The summed E-state index contributed by atoms with van der Waals surface area (Å²) in [7, 11) is 1.78. The molecule has 4 rings (SSSR count). The van der Waals surface area contributed by atoms with Gasteiger partial charge in [0, 0.05) is 42.7 Å².